The fraction of sp³-hybridized carbons (Fsp3) is 0.385. The van der Waals surface area contributed by atoms with E-state index in [9.17, 15) is 0 Å². The number of anilines is 3. The summed E-state index contributed by atoms with van der Waals surface area (Å²) in [7, 11) is 3.75. The molecule has 0 bridgehead atoms. The van der Waals surface area contributed by atoms with Gasteiger partial charge in [-0.3, -0.25) is 10.4 Å². The molecule has 0 amide bonds. The SMILES string of the molecule is CCN(Cc1ccncc1)c1nc(NN)nc(N(C)C)n1. The van der Waals surface area contributed by atoms with Gasteiger partial charge in [-0.2, -0.15) is 15.0 Å². The smallest absolute Gasteiger partial charge is 0.243 e. The van der Waals surface area contributed by atoms with E-state index < -0.39 is 0 Å². The molecule has 8 heteroatoms. The number of hydrogen-bond acceptors (Lipinski definition) is 8. The molecule has 0 aromatic carbocycles. The quantitative estimate of drug-likeness (QED) is 0.590. The lowest BCUT2D eigenvalue weighted by Gasteiger charge is -2.22. The maximum atomic E-state index is 5.43. The van der Waals surface area contributed by atoms with Crippen LogP contribution in [0.3, 0.4) is 0 Å². The summed E-state index contributed by atoms with van der Waals surface area (Å²) in [4.78, 5) is 20.9. The molecule has 8 nitrogen and oxygen atoms in total. The Balaban J connectivity index is 2.30. The second-order valence-electron chi connectivity index (χ2n) is 4.67. The normalized spacial score (nSPS) is 10.3. The molecule has 0 saturated carbocycles. The highest BCUT2D eigenvalue weighted by atomic mass is 15.4. The average Bonchev–Trinajstić information content (AvgIpc) is 2.53. The van der Waals surface area contributed by atoms with Crippen LogP contribution in [0.4, 0.5) is 17.8 Å². The van der Waals surface area contributed by atoms with Crippen molar-refractivity contribution < 1.29 is 0 Å². The summed E-state index contributed by atoms with van der Waals surface area (Å²) in [5.41, 5.74) is 3.62. The minimum absolute atomic E-state index is 0.344. The zero-order chi connectivity index (χ0) is 15.2. The van der Waals surface area contributed by atoms with E-state index in [2.05, 4.69) is 32.3 Å². The molecule has 2 heterocycles. The highest BCUT2D eigenvalue weighted by molar-refractivity contribution is 5.44. The van der Waals surface area contributed by atoms with Crippen molar-refractivity contribution in [1.29, 1.82) is 0 Å². The first-order valence-corrected chi connectivity index (χ1v) is 6.68. The van der Waals surface area contributed by atoms with E-state index in [1.54, 1.807) is 12.4 Å². The summed E-state index contributed by atoms with van der Waals surface area (Å²) in [6.45, 7) is 3.51. The molecule has 0 aliphatic rings. The summed E-state index contributed by atoms with van der Waals surface area (Å²) in [6.07, 6.45) is 3.55. The number of nitrogen functional groups attached to an aromatic ring is 1. The molecule has 2 aromatic rings. The molecule has 0 unspecified atom stereocenters. The molecule has 0 radical (unpaired) electrons. The molecule has 2 aromatic heterocycles. The Hall–Kier alpha value is -2.48. The lowest BCUT2D eigenvalue weighted by atomic mass is 10.2. The van der Waals surface area contributed by atoms with Crippen LogP contribution in [0, 0.1) is 0 Å². The van der Waals surface area contributed by atoms with Crippen molar-refractivity contribution >= 4 is 17.8 Å². The van der Waals surface area contributed by atoms with Gasteiger partial charge in [-0.05, 0) is 24.6 Å². The highest BCUT2D eigenvalue weighted by Crippen LogP contribution is 2.16. The molecule has 0 saturated heterocycles. The molecule has 0 atom stereocenters. The van der Waals surface area contributed by atoms with Crippen LogP contribution in [-0.4, -0.2) is 40.6 Å². The van der Waals surface area contributed by atoms with E-state index in [-0.39, 0.29) is 0 Å². The summed E-state index contributed by atoms with van der Waals surface area (Å²) < 4.78 is 0. The molecule has 21 heavy (non-hydrogen) atoms. The summed E-state index contributed by atoms with van der Waals surface area (Å²) in [5.74, 6) is 6.92. The third kappa shape index (κ3) is 3.76. The Morgan fingerprint density at radius 3 is 2.33 bits per heavy atom. The van der Waals surface area contributed by atoms with Gasteiger partial charge in [-0.15, -0.1) is 0 Å². The minimum Gasteiger partial charge on any atom is -0.347 e. The van der Waals surface area contributed by atoms with E-state index in [1.165, 1.54) is 0 Å². The van der Waals surface area contributed by atoms with Gasteiger partial charge < -0.3 is 9.80 Å². The van der Waals surface area contributed by atoms with Crippen molar-refractivity contribution in [2.45, 2.75) is 13.5 Å². The molecule has 0 fully saturated rings. The van der Waals surface area contributed by atoms with Crippen LogP contribution in [0.15, 0.2) is 24.5 Å². The van der Waals surface area contributed by atoms with Crippen molar-refractivity contribution in [3.05, 3.63) is 30.1 Å². The van der Waals surface area contributed by atoms with Gasteiger partial charge in [0.25, 0.3) is 0 Å². The van der Waals surface area contributed by atoms with Gasteiger partial charge in [0, 0.05) is 39.6 Å². The standard InChI is InChI=1S/C13H20N8/c1-4-21(9-10-5-7-15-8-6-10)13-17-11(19-14)16-12(18-13)20(2)3/h5-8H,4,9,14H2,1-3H3,(H,16,17,18,19). The van der Waals surface area contributed by atoms with Crippen LogP contribution in [0.2, 0.25) is 0 Å². The number of aromatic nitrogens is 4. The first kappa shape index (κ1) is 14.9. The monoisotopic (exact) mass is 288 g/mol. The topological polar surface area (TPSA) is 96.1 Å². The van der Waals surface area contributed by atoms with Gasteiger partial charge in [0.1, 0.15) is 0 Å². The summed E-state index contributed by atoms with van der Waals surface area (Å²) >= 11 is 0. The summed E-state index contributed by atoms with van der Waals surface area (Å²) in [6, 6.07) is 3.94. The Morgan fingerprint density at radius 1 is 1.10 bits per heavy atom. The molecule has 3 N–H and O–H groups in total. The highest BCUT2D eigenvalue weighted by Gasteiger charge is 2.13. The molecule has 2 rings (SSSR count). The van der Waals surface area contributed by atoms with E-state index >= 15 is 0 Å². The lowest BCUT2D eigenvalue weighted by Crippen LogP contribution is -2.27. The number of rotatable bonds is 6. The Labute approximate surface area is 124 Å². The molecule has 0 aliphatic heterocycles. The van der Waals surface area contributed by atoms with Crippen LogP contribution in [0.25, 0.3) is 0 Å². The number of nitrogens with zero attached hydrogens (tertiary/aromatic N) is 6. The van der Waals surface area contributed by atoms with Gasteiger partial charge in [0.05, 0.1) is 0 Å². The number of nitrogens with two attached hydrogens (primary N) is 1. The zero-order valence-corrected chi connectivity index (χ0v) is 12.5. The van der Waals surface area contributed by atoms with Crippen LogP contribution < -0.4 is 21.1 Å². The van der Waals surface area contributed by atoms with Crippen molar-refractivity contribution in [3.8, 4) is 0 Å². The van der Waals surface area contributed by atoms with Crippen molar-refractivity contribution in [2.24, 2.45) is 5.84 Å². The van der Waals surface area contributed by atoms with E-state index in [0.717, 1.165) is 12.1 Å². The van der Waals surface area contributed by atoms with E-state index in [0.29, 0.717) is 24.4 Å². The third-order valence-corrected chi connectivity index (χ3v) is 2.93. The lowest BCUT2D eigenvalue weighted by molar-refractivity contribution is 0.779. The van der Waals surface area contributed by atoms with Gasteiger partial charge in [-0.25, -0.2) is 5.84 Å². The maximum absolute atomic E-state index is 5.43. The Bertz CT molecular complexity index is 572. The van der Waals surface area contributed by atoms with E-state index in [1.807, 2.05) is 36.0 Å². The van der Waals surface area contributed by atoms with Crippen molar-refractivity contribution in [1.82, 2.24) is 19.9 Å². The van der Waals surface area contributed by atoms with Gasteiger partial charge in [-0.1, -0.05) is 0 Å². The van der Waals surface area contributed by atoms with Crippen LogP contribution >= 0.6 is 0 Å². The Kier molecular flexibility index (Phi) is 4.83. The number of pyridine rings is 1. The first-order chi connectivity index (χ1) is 10.1. The number of hydrogen-bond donors (Lipinski definition) is 2. The predicted octanol–water partition coefficient (Wildman–Crippen LogP) is 0.645. The second kappa shape index (κ2) is 6.80. The van der Waals surface area contributed by atoms with Gasteiger partial charge in [0.2, 0.25) is 17.8 Å². The average molecular weight is 288 g/mol. The maximum Gasteiger partial charge on any atom is 0.243 e. The number of hydrazine groups is 1. The number of nitrogens with one attached hydrogen (secondary N) is 1. The van der Waals surface area contributed by atoms with Gasteiger partial charge >= 0.3 is 0 Å². The zero-order valence-electron chi connectivity index (χ0n) is 12.5. The van der Waals surface area contributed by atoms with Crippen molar-refractivity contribution in [3.63, 3.8) is 0 Å². The second-order valence-corrected chi connectivity index (χ2v) is 4.67. The van der Waals surface area contributed by atoms with Gasteiger partial charge in [0.15, 0.2) is 0 Å². The Morgan fingerprint density at radius 2 is 1.76 bits per heavy atom. The molecular formula is C13H20N8. The van der Waals surface area contributed by atoms with Crippen molar-refractivity contribution in [2.75, 3.05) is 35.9 Å². The summed E-state index contributed by atoms with van der Waals surface area (Å²) in [5, 5.41) is 0. The minimum atomic E-state index is 0.344. The fourth-order valence-corrected chi connectivity index (χ4v) is 1.79. The van der Waals surface area contributed by atoms with Crippen LogP contribution in [0.5, 0.6) is 0 Å². The van der Waals surface area contributed by atoms with Crippen LogP contribution in [0.1, 0.15) is 12.5 Å². The third-order valence-electron chi connectivity index (χ3n) is 2.93. The fourth-order valence-electron chi connectivity index (χ4n) is 1.79. The first-order valence-electron chi connectivity index (χ1n) is 6.68. The largest absolute Gasteiger partial charge is 0.347 e. The molecule has 112 valence electrons. The molecule has 0 spiro atoms. The molecular weight excluding hydrogens is 268 g/mol. The van der Waals surface area contributed by atoms with Crippen LogP contribution in [-0.2, 0) is 6.54 Å². The molecule has 0 aliphatic carbocycles. The van der Waals surface area contributed by atoms with E-state index in [4.69, 9.17) is 5.84 Å². The predicted molar refractivity (Wildman–Crippen MR) is 82.9 cm³/mol.